The van der Waals surface area contributed by atoms with Gasteiger partial charge in [-0.1, -0.05) is 12.7 Å². The summed E-state index contributed by atoms with van der Waals surface area (Å²) < 4.78 is -0.429. The third-order valence-electron chi connectivity index (χ3n) is 3.80. The molecule has 0 radical (unpaired) electrons. The van der Waals surface area contributed by atoms with Crippen molar-refractivity contribution < 1.29 is 14.3 Å². The average molecular weight is 275 g/mol. The zero-order chi connectivity index (χ0) is 14.3. The summed E-state index contributed by atoms with van der Waals surface area (Å²) >= 11 is 0. The molecule has 0 aromatic heterocycles. The number of carbonyl (C=O) groups is 1. The highest BCUT2D eigenvalue weighted by Gasteiger charge is 2.68. The Morgan fingerprint density at radius 3 is 2.95 bits per heavy atom. The number of carbonyl (C=O) groups excluding carboxylic acids is 1. The molecule has 7 heteroatoms. The molecular weight excluding hydrogens is 258 g/mol. The Bertz CT molecular complexity index is 592. The number of nitrogens with zero attached hydrogens (tertiary/aromatic N) is 3. The van der Waals surface area contributed by atoms with Crippen molar-refractivity contribution >= 4 is 11.7 Å². The van der Waals surface area contributed by atoms with Crippen LogP contribution in [0, 0.1) is 4.91 Å². The monoisotopic (exact) mass is 275 g/mol. The number of fused-ring (bicyclic) bond motifs is 2. The van der Waals surface area contributed by atoms with Crippen LogP contribution in [0.1, 0.15) is 6.42 Å². The maximum atomic E-state index is 12.7. The first-order valence-electron chi connectivity index (χ1n) is 6.55. The van der Waals surface area contributed by atoms with E-state index in [-0.39, 0.29) is 12.5 Å². The largest absolute Gasteiger partial charge is 0.389 e. The van der Waals surface area contributed by atoms with Gasteiger partial charge in [0, 0.05) is 17.6 Å². The summed E-state index contributed by atoms with van der Waals surface area (Å²) in [5.41, 5.74) is 0.771. The van der Waals surface area contributed by atoms with Crippen LogP contribution in [0.5, 0.6) is 0 Å². The van der Waals surface area contributed by atoms with E-state index in [2.05, 4.69) is 28.8 Å². The lowest BCUT2D eigenvalue weighted by atomic mass is 10.2. The molecule has 104 valence electrons. The maximum Gasteiger partial charge on any atom is 0.389 e. The van der Waals surface area contributed by atoms with Crippen molar-refractivity contribution in [3.05, 3.63) is 41.6 Å². The first-order chi connectivity index (χ1) is 9.66. The van der Waals surface area contributed by atoms with Crippen molar-refractivity contribution in [2.75, 3.05) is 19.8 Å². The van der Waals surface area contributed by atoms with Gasteiger partial charge in [-0.25, -0.2) is 9.79 Å². The minimum atomic E-state index is -0.533. The van der Waals surface area contributed by atoms with E-state index in [9.17, 15) is 9.70 Å². The second-order valence-corrected chi connectivity index (χ2v) is 4.95. The summed E-state index contributed by atoms with van der Waals surface area (Å²) in [6.07, 6.45) is 3.68. The van der Waals surface area contributed by atoms with Gasteiger partial charge in [0.15, 0.2) is 23.0 Å². The van der Waals surface area contributed by atoms with E-state index in [0.29, 0.717) is 31.3 Å². The lowest BCUT2D eigenvalue weighted by Crippen LogP contribution is -2.58. The molecule has 3 aliphatic heterocycles. The van der Waals surface area contributed by atoms with Gasteiger partial charge in [-0.3, -0.25) is 10.6 Å². The van der Waals surface area contributed by atoms with E-state index >= 15 is 0 Å². The van der Waals surface area contributed by atoms with Gasteiger partial charge in [0.05, 0.1) is 0 Å². The van der Waals surface area contributed by atoms with Crippen LogP contribution < -0.4 is 10.6 Å². The maximum absolute atomic E-state index is 12.7. The fraction of sp³-hybridized carbons (Fsp3) is 0.385. The Morgan fingerprint density at radius 2 is 2.25 bits per heavy atom. The molecule has 2 atom stereocenters. The number of quaternary nitrogens is 1. The summed E-state index contributed by atoms with van der Waals surface area (Å²) in [5.74, 6) is 0.757. The van der Waals surface area contributed by atoms with Gasteiger partial charge < -0.3 is 0 Å². The molecule has 0 aromatic rings. The van der Waals surface area contributed by atoms with Crippen molar-refractivity contribution in [2.24, 2.45) is 4.99 Å². The van der Waals surface area contributed by atoms with Crippen molar-refractivity contribution in [1.29, 1.82) is 0 Å². The third kappa shape index (κ3) is 1.41. The molecule has 0 fully saturated rings. The van der Waals surface area contributed by atoms with Crippen molar-refractivity contribution in [2.45, 2.75) is 12.5 Å². The highest BCUT2D eigenvalue weighted by Crippen LogP contribution is 2.35. The molecule has 1 amide bonds. The molecule has 0 bridgehead atoms. The second-order valence-electron chi connectivity index (χ2n) is 4.95. The summed E-state index contributed by atoms with van der Waals surface area (Å²) in [6, 6.07) is -0.533. The Kier molecular flexibility index (Phi) is 2.88. The van der Waals surface area contributed by atoms with Crippen LogP contribution in [0.4, 0.5) is 0 Å². The number of hydrogen-bond acceptors (Lipinski definition) is 5. The van der Waals surface area contributed by atoms with Crippen LogP contribution in [-0.2, 0) is 4.79 Å². The van der Waals surface area contributed by atoms with E-state index in [4.69, 9.17) is 0 Å². The number of amidine groups is 1. The summed E-state index contributed by atoms with van der Waals surface area (Å²) in [7, 11) is 0. The van der Waals surface area contributed by atoms with Crippen LogP contribution >= 0.6 is 0 Å². The molecule has 3 aliphatic rings. The van der Waals surface area contributed by atoms with E-state index in [0.717, 1.165) is 10.4 Å². The highest BCUT2D eigenvalue weighted by atomic mass is 16.4. The molecule has 2 unspecified atom stereocenters. The van der Waals surface area contributed by atoms with Crippen LogP contribution in [-0.4, -0.2) is 47.0 Å². The molecule has 0 saturated heterocycles. The van der Waals surface area contributed by atoms with Crippen molar-refractivity contribution in [1.82, 2.24) is 10.6 Å². The van der Waals surface area contributed by atoms with Gasteiger partial charge in [-0.2, -0.15) is 0 Å². The Morgan fingerprint density at radius 1 is 1.45 bits per heavy atom. The number of aliphatic imine (C=N–C) groups is 1. The predicted molar refractivity (Wildman–Crippen MR) is 73.0 cm³/mol. The molecule has 0 aliphatic carbocycles. The lowest BCUT2D eigenvalue weighted by Gasteiger charge is -2.18. The van der Waals surface area contributed by atoms with Gasteiger partial charge in [0.25, 0.3) is 5.84 Å². The normalized spacial score (nSPS) is 31.6. The molecule has 3 rings (SSSR count). The zero-order valence-electron chi connectivity index (χ0n) is 11.1. The molecule has 0 aromatic carbocycles. The molecular formula is C13H17N5O2+2. The summed E-state index contributed by atoms with van der Waals surface area (Å²) in [6.45, 7) is 8.57. The number of nitroso groups, excluding NO2 is 1. The number of rotatable bonds is 4. The molecule has 3 heterocycles. The Labute approximate surface area is 116 Å². The van der Waals surface area contributed by atoms with Crippen LogP contribution in [0.15, 0.2) is 41.7 Å². The summed E-state index contributed by atoms with van der Waals surface area (Å²) in [5, 5.41) is 6.12. The Hall–Kier alpha value is -2.12. The third-order valence-corrected chi connectivity index (χ3v) is 3.80. The van der Waals surface area contributed by atoms with Crippen LogP contribution in [0.3, 0.4) is 0 Å². The molecule has 0 saturated carbocycles. The zero-order valence-corrected chi connectivity index (χ0v) is 11.1. The SMILES string of the molecule is C=CCC1N=C2C3=C(NCNC3)[N+](=O)[N+]2(CC=C)C1=O. The van der Waals surface area contributed by atoms with E-state index < -0.39 is 10.6 Å². The van der Waals surface area contributed by atoms with Gasteiger partial charge in [-0.15, -0.1) is 6.58 Å². The standard InChI is InChI=1S/C13H17N5O2/c1-3-5-10-13(19)18(6-4-2)12(16-10)9-7-14-8-15-11(9)17(18)20/h3-4,10,14-15H,1-2,5-8H2/q+2. The van der Waals surface area contributed by atoms with Gasteiger partial charge in [0.2, 0.25) is 0 Å². The molecule has 20 heavy (non-hydrogen) atoms. The van der Waals surface area contributed by atoms with Crippen molar-refractivity contribution in [3.63, 3.8) is 0 Å². The Balaban J connectivity index is 2.13. The van der Waals surface area contributed by atoms with E-state index in [1.54, 1.807) is 12.2 Å². The fourth-order valence-corrected chi connectivity index (χ4v) is 2.94. The topological polar surface area (TPSA) is 73.6 Å². The van der Waals surface area contributed by atoms with Crippen molar-refractivity contribution in [3.8, 4) is 0 Å². The number of amides is 1. The number of nitrogens with one attached hydrogen (secondary N) is 2. The first kappa shape index (κ1) is 12.9. The average Bonchev–Trinajstić information content (AvgIpc) is 2.86. The van der Waals surface area contributed by atoms with Gasteiger partial charge >= 0.3 is 11.7 Å². The van der Waals surface area contributed by atoms with Gasteiger partial charge in [-0.05, 0) is 11.0 Å². The quantitative estimate of drug-likeness (QED) is 0.428. The minimum absolute atomic E-state index is 0.212. The minimum Gasteiger partial charge on any atom is -0.277 e. The first-order valence-corrected chi connectivity index (χ1v) is 6.55. The van der Waals surface area contributed by atoms with Crippen LogP contribution in [0.2, 0.25) is 0 Å². The highest BCUT2D eigenvalue weighted by molar-refractivity contribution is 6.06. The molecule has 7 nitrogen and oxygen atoms in total. The van der Waals surface area contributed by atoms with Crippen LogP contribution in [0.25, 0.3) is 0 Å². The van der Waals surface area contributed by atoms with E-state index in [1.807, 2.05) is 0 Å². The molecule has 2 N–H and O–H groups in total. The van der Waals surface area contributed by atoms with E-state index in [1.165, 1.54) is 0 Å². The lowest BCUT2D eigenvalue weighted by molar-refractivity contribution is -1.22. The predicted octanol–water partition coefficient (Wildman–Crippen LogP) is -0.0580. The second kappa shape index (κ2) is 4.46. The van der Waals surface area contributed by atoms with Gasteiger partial charge in [0.1, 0.15) is 6.67 Å². The fourth-order valence-electron chi connectivity index (χ4n) is 2.94. The number of hydrogen-bond donors (Lipinski definition) is 2. The molecule has 0 spiro atoms. The summed E-state index contributed by atoms with van der Waals surface area (Å²) in [4.78, 5) is 30.6. The smallest absolute Gasteiger partial charge is 0.277 e.